The number of imidazole rings is 1. The summed E-state index contributed by atoms with van der Waals surface area (Å²) in [5, 5.41) is 7.37. The summed E-state index contributed by atoms with van der Waals surface area (Å²) in [7, 11) is 0. The van der Waals surface area contributed by atoms with Crippen molar-refractivity contribution in [3.8, 4) is 0 Å². The lowest BCUT2D eigenvalue weighted by molar-refractivity contribution is -0.114. The number of aromatic amines is 1. The highest BCUT2D eigenvalue weighted by atomic mass is 16.5. The molecule has 8 nitrogen and oxygen atoms in total. The first kappa shape index (κ1) is 17.6. The number of nitrogens with zero attached hydrogens (tertiary/aromatic N) is 2. The maximum absolute atomic E-state index is 11.2. The molecule has 0 saturated heterocycles. The summed E-state index contributed by atoms with van der Waals surface area (Å²) < 4.78 is 6.11. The van der Waals surface area contributed by atoms with E-state index in [1.807, 2.05) is 6.08 Å². The SMILES string of the molecule is NC(=O)C1=CC=C(NC2N=c3[nH]cnc3=C(OCC3CCCCC3)N2)CC1. The van der Waals surface area contributed by atoms with Gasteiger partial charge in [-0.1, -0.05) is 25.3 Å². The largest absolute Gasteiger partial charge is 0.477 e. The molecule has 8 heteroatoms. The van der Waals surface area contributed by atoms with Crippen molar-refractivity contribution in [3.05, 3.63) is 40.6 Å². The Bertz CT molecular complexity index is 878. The Morgan fingerprint density at radius 1 is 1.26 bits per heavy atom. The van der Waals surface area contributed by atoms with Crippen LogP contribution in [0.5, 0.6) is 0 Å². The van der Waals surface area contributed by atoms with Gasteiger partial charge in [-0.05, 0) is 37.7 Å². The Balaban J connectivity index is 1.44. The molecule has 3 aliphatic rings. The molecular formula is C19H26N6O2. The van der Waals surface area contributed by atoms with Gasteiger partial charge in [-0.15, -0.1) is 0 Å². The van der Waals surface area contributed by atoms with E-state index in [1.54, 1.807) is 12.4 Å². The molecule has 2 aliphatic carbocycles. The molecule has 1 fully saturated rings. The smallest absolute Gasteiger partial charge is 0.244 e. The maximum atomic E-state index is 11.2. The number of carbonyl (C=O) groups is 1. The van der Waals surface area contributed by atoms with Crippen LogP contribution in [0.15, 0.2) is 34.7 Å². The minimum atomic E-state index is -0.361. The second-order valence-corrected chi connectivity index (χ2v) is 7.31. The third-order valence-electron chi connectivity index (χ3n) is 5.34. The van der Waals surface area contributed by atoms with Crippen LogP contribution in [-0.4, -0.2) is 28.8 Å². The predicted molar refractivity (Wildman–Crippen MR) is 100.0 cm³/mol. The van der Waals surface area contributed by atoms with E-state index in [0.717, 1.165) is 17.5 Å². The Hall–Kier alpha value is -2.77. The number of hydrogen-bond donors (Lipinski definition) is 4. The molecule has 1 aliphatic heterocycles. The van der Waals surface area contributed by atoms with Crippen LogP contribution in [0.1, 0.15) is 44.9 Å². The molecule has 1 atom stereocenters. The number of nitrogens with two attached hydrogens (primary N) is 1. The molecule has 0 bridgehead atoms. The van der Waals surface area contributed by atoms with Gasteiger partial charge in [0.25, 0.3) is 0 Å². The molecule has 4 rings (SSSR count). The molecule has 5 N–H and O–H groups in total. The van der Waals surface area contributed by atoms with Gasteiger partial charge >= 0.3 is 0 Å². The molecule has 1 aromatic heterocycles. The molecule has 1 aromatic rings. The summed E-state index contributed by atoms with van der Waals surface area (Å²) in [6.07, 6.45) is 12.6. The third-order valence-corrected chi connectivity index (χ3v) is 5.34. The van der Waals surface area contributed by atoms with Crippen molar-refractivity contribution >= 4 is 11.8 Å². The van der Waals surface area contributed by atoms with Gasteiger partial charge in [-0.2, -0.15) is 0 Å². The summed E-state index contributed by atoms with van der Waals surface area (Å²) in [6.45, 7) is 0.703. The number of nitrogens with one attached hydrogen (secondary N) is 3. The number of hydrogen-bond acceptors (Lipinski definition) is 6. The zero-order valence-corrected chi connectivity index (χ0v) is 15.3. The molecule has 27 heavy (non-hydrogen) atoms. The van der Waals surface area contributed by atoms with Crippen molar-refractivity contribution in [2.75, 3.05) is 6.61 Å². The van der Waals surface area contributed by atoms with Gasteiger partial charge in [0.05, 0.1) is 12.9 Å². The van der Waals surface area contributed by atoms with Crippen molar-refractivity contribution < 1.29 is 9.53 Å². The summed E-state index contributed by atoms with van der Waals surface area (Å²) in [5.74, 6) is 0.910. The highest BCUT2D eigenvalue weighted by Gasteiger charge is 2.21. The zero-order valence-electron chi connectivity index (χ0n) is 15.3. The highest BCUT2D eigenvalue weighted by molar-refractivity contribution is 5.92. The lowest BCUT2D eigenvalue weighted by Crippen LogP contribution is -2.50. The summed E-state index contributed by atoms with van der Waals surface area (Å²) in [5.41, 5.74) is 7.68. The molecule has 2 heterocycles. The van der Waals surface area contributed by atoms with Crippen LogP contribution in [-0.2, 0) is 9.53 Å². The van der Waals surface area contributed by atoms with Gasteiger partial charge in [-0.25, -0.2) is 9.98 Å². The molecule has 1 saturated carbocycles. The summed E-state index contributed by atoms with van der Waals surface area (Å²) in [6, 6.07) is 0. The first-order valence-electron chi connectivity index (χ1n) is 9.66. The molecule has 0 radical (unpaired) electrons. The number of amides is 1. The van der Waals surface area contributed by atoms with E-state index in [4.69, 9.17) is 10.5 Å². The Labute approximate surface area is 157 Å². The van der Waals surface area contributed by atoms with E-state index in [0.29, 0.717) is 35.9 Å². The second-order valence-electron chi connectivity index (χ2n) is 7.31. The number of H-pyrrole nitrogens is 1. The van der Waals surface area contributed by atoms with Crippen LogP contribution in [0.3, 0.4) is 0 Å². The molecule has 144 valence electrons. The van der Waals surface area contributed by atoms with Crippen LogP contribution in [0.4, 0.5) is 0 Å². The number of ether oxygens (including phenoxy) is 1. The molecule has 0 aromatic carbocycles. The van der Waals surface area contributed by atoms with E-state index in [-0.39, 0.29) is 12.2 Å². The van der Waals surface area contributed by atoms with Crippen molar-refractivity contribution in [3.63, 3.8) is 0 Å². The minimum absolute atomic E-state index is 0.353. The molecule has 1 amide bonds. The average Bonchev–Trinajstić information content (AvgIpc) is 3.16. The van der Waals surface area contributed by atoms with Crippen molar-refractivity contribution in [1.29, 1.82) is 0 Å². The topological polar surface area (TPSA) is 117 Å². The van der Waals surface area contributed by atoms with Crippen LogP contribution in [0.2, 0.25) is 0 Å². The number of rotatable bonds is 6. The quantitative estimate of drug-likeness (QED) is 0.573. The van der Waals surface area contributed by atoms with Crippen molar-refractivity contribution in [1.82, 2.24) is 20.6 Å². The molecular weight excluding hydrogens is 344 g/mol. The van der Waals surface area contributed by atoms with E-state index in [2.05, 4.69) is 25.6 Å². The first-order valence-corrected chi connectivity index (χ1v) is 9.66. The van der Waals surface area contributed by atoms with E-state index >= 15 is 0 Å². The van der Waals surface area contributed by atoms with Crippen molar-refractivity contribution in [2.45, 2.75) is 51.2 Å². The zero-order chi connectivity index (χ0) is 18.6. The van der Waals surface area contributed by atoms with Crippen LogP contribution in [0.25, 0.3) is 5.88 Å². The van der Waals surface area contributed by atoms with Gasteiger partial charge in [0.15, 0.2) is 17.1 Å². The fourth-order valence-electron chi connectivity index (χ4n) is 3.78. The standard InChI is InChI=1S/C19H26N6O2/c20-16(26)13-6-8-14(9-7-13)23-19-24-17-15(21-11-22-17)18(25-19)27-10-12-4-2-1-3-5-12/h6,8,11-12,19,23,25H,1-5,7,9-10H2,(H2,20,26)(H,21,22,24). The second kappa shape index (κ2) is 7.85. The maximum Gasteiger partial charge on any atom is 0.244 e. The predicted octanol–water partition coefficient (Wildman–Crippen LogP) is 0.258. The fraction of sp³-hybridized carbons (Fsp3) is 0.526. The Morgan fingerprint density at radius 2 is 2.11 bits per heavy atom. The monoisotopic (exact) mass is 370 g/mol. The number of fused-ring (bicyclic) bond motifs is 1. The number of carbonyl (C=O) groups excluding carboxylic acids is 1. The lowest BCUT2D eigenvalue weighted by atomic mass is 9.90. The first-order chi connectivity index (χ1) is 13.2. The highest BCUT2D eigenvalue weighted by Crippen LogP contribution is 2.24. The Morgan fingerprint density at radius 3 is 2.85 bits per heavy atom. The van der Waals surface area contributed by atoms with Crippen molar-refractivity contribution in [2.24, 2.45) is 16.6 Å². The van der Waals surface area contributed by atoms with Crippen LogP contribution < -0.4 is 27.2 Å². The van der Waals surface area contributed by atoms with Gasteiger partial charge in [0.2, 0.25) is 11.8 Å². The van der Waals surface area contributed by atoms with Gasteiger partial charge in [0, 0.05) is 11.3 Å². The van der Waals surface area contributed by atoms with Crippen LogP contribution >= 0.6 is 0 Å². The van der Waals surface area contributed by atoms with Gasteiger partial charge < -0.3 is 26.1 Å². The Kier molecular flexibility index (Phi) is 5.13. The third kappa shape index (κ3) is 4.15. The lowest BCUT2D eigenvalue weighted by Gasteiger charge is -2.26. The van der Waals surface area contributed by atoms with Gasteiger partial charge in [0.1, 0.15) is 0 Å². The number of aromatic nitrogens is 2. The summed E-state index contributed by atoms with van der Waals surface area (Å²) in [4.78, 5) is 23.2. The minimum Gasteiger partial charge on any atom is -0.477 e. The van der Waals surface area contributed by atoms with E-state index < -0.39 is 0 Å². The molecule has 0 spiro atoms. The van der Waals surface area contributed by atoms with Gasteiger partial charge in [-0.3, -0.25) is 4.79 Å². The normalized spacial score (nSPS) is 22.7. The average molecular weight is 370 g/mol. The van der Waals surface area contributed by atoms with E-state index in [9.17, 15) is 4.79 Å². The molecule has 1 unspecified atom stereocenters. The fourth-order valence-corrected chi connectivity index (χ4v) is 3.78. The van der Waals surface area contributed by atoms with E-state index in [1.165, 1.54) is 32.1 Å². The number of allylic oxidation sites excluding steroid dienone is 3. The summed E-state index contributed by atoms with van der Waals surface area (Å²) >= 11 is 0. The number of primary amides is 1. The van der Waals surface area contributed by atoms with Crippen LogP contribution in [0, 0.1) is 5.92 Å².